The highest BCUT2D eigenvalue weighted by Gasteiger charge is 2.30. The van der Waals surface area contributed by atoms with E-state index in [-0.39, 0.29) is 39.7 Å². The van der Waals surface area contributed by atoms with E-state index in [9.17, 15) is 23.7 Å². The normalized spacial score (nSPS) is 10.5. The summed E-state index contributed by atoms with van der Waals surface area (Å²) in [6.45, 7) is 0. The first-order valence-corrected chi connectivity index (χ1v) is 8.27. The van der Waals surface area contributed by atoms with Crippen molar-refractivity contribution in [2.75, 3.05) is 5.73 Å². The van der Waals surface area contributed by atoms with Crippen LogP contribution in [0.2, 0.25) is 0 Å². The summed E-state index contributed by atoms with van der Waals surface area (Å²) in [5.74, 6) is 0.0637. The number of hydrogen-bond acceptors (Lipinski definition) is 6. The molecule has 0 bridgehead atoms. The van der Waals surface area contributed by atoms with Gasteiger partial charge in [0.25, 0.3) is 0 Å². The fourth-order valence-electron chi connectivity index (χ4n) is 2.70. The van der Waals surface area contributed by atoms with Crippen LogP contribution in [0.25, 0.3) is 11.3 Å². The number of rotatable bonds is 3. The Labute approximate surface area is 168 Å². The Kier molecular flexibility index (Phi) is 5.27. The zero-order valence-electron chi connectivity index (χ0n) is 15.0. The molecule has 0 saturated carbocycles. The van der Waals surface area contributed by atoms with Crippen LogP contribution < -0.4 is 10.5 Å². The van der Waals surface area contributed by atoms with Crippen LogP contribution in [-0.4, -0.2) is 4.98 Å². The van der Waals surface area contributed by atoms with Crippen molar-refractivity contribution < 1.29 is 17.9 Å². The van der Waals surface area contributed by atoms with E-state index in [2.05, 4.69) is 4.98 Å². The van der Waals surface area contributed by atoms with Crippen molar-refractivity contribution in [1.29, 1.82) is 15.8 Å². The molecule has 0 atom stereocenters. The van der Waals surface area contributed by atoms with Gasteiger partial charge in [0.2, 0.25) is 0 Å². The summed E-state index contributed by atoms with van der Waals surface area (Å²) in [5.41, 5.74) is 4.97. The number of nitrogens with zero attached hydrogens (tertiary/aromatic N) is 4. The average Bonchev–Trinajstić information content (AvgIpc) is 2.73. The molecule has 2 aromatic carbocycles. The van der Waals surface area contributed by atoms with Crippen molar-refractivity contribution in [1.82, 2.24) is 4.98 Å². The molecule has 0 saturated heterocycles. The topological polar surface area (TPSA) is 120 Å². The van der Waals surface area contributed by atoms with Gasteiger partial charge in [-0.15, -0.1) is 0 Å². The van der Waals surface area contributed by atoms with E-state index in [1.54, 1.807) is 12.1 Å². The maximum atomic E-state index is 12.8. The van der Waals surface area contributed by atoms with E-state index < -0.39 is 11.7 Å². The lowest BCUT2D eigenvalue weighted by atomic mass is 9.98. The van der Waals surface area contributed by atoms with Gasteiger partial charge in [0.1, 0.15) is 41.1 Å². The fraction of sp³-hybridized carbons (Fsp3) is 0.0476. The van der Waals surface area contributed by atoms with E-state index in [0.717, 1.165) is 12.1 Å². The van der Waals surface area contributed by atoms with Gasteiger partial charge in [0.15, 0.2) is 0 Å². The Bertz CT molecular complexity index is 1250. The molecule has 2 N–H and O–H groups in total. The standard InChI is InChI=1S/C21H10F3N5O/c22-21(23,24)13-2-1-3-15(8-13)30-14-6-4-12(5-7-14)19-17(10-26)16(9-25)18(11-27)20(28)29-19/h1-8H,(H2,28,29). The Morgan fingerprint density at radius 1 is 0.833 bits per heavy atom. The minimum absolute atomic E-state index is 0.00259. The average molecular weight is 405 g/mol. The second-order valence-electron chi connectivity index (χ2n) is 5.96. The van der Waals surface area contributed by atoms with Crippen molar-refractivity contribution in [3.05, 3.63) is 70.8 Å². The quantitative estimate of drug-likeness (QED) is 0.671. The van der Waals surface area contributed by atoms with Crippen molar-refractivity contribution >= 4 is 5.82 Å². The molecule has 0 radical (unpaired) electrons. The first-order valence-electron chi connectivity index (χ1n) is 8.27. The SMILES string of the molecule is N#Cc1c(N)nc(-c2ccc(Oc3cccc(C(F)(F)F)c3)cc2)c(C#N)c1C#N. The lowest BCUT2D eigenvalue weighted by Crippen LogP contribution is -2.04. The van der Waals surface area contributed by atoms with E-state index >= 15 is 0 Å². The Balaban J connectivity index is 1.96. The van der Waals surface area contributed by atoms with Gasteiger partial charge in [-0.1, -0.05) is 6.07 Å². The number of hydrogen-bond donors (Lipinski definition) is 1. The summed E-state index contributed by atoms with van der Waals surface area (Å²) in [4.78, 5) is 4.06. The van der Waals surface area contributed by atoms with Gasteiger partial charge in [-0.3, -0.25) is 0 Å². The summed E-state index contributed by atoms with van der Waals surface area (Å²) in [6.07, 6.45) is -4.49. The van der Waals surface area contributed by atoms with Gasteiger partial charge in [-0.05, 0) is 42.5 Å². The van der Waals surface area contributed by atoms with E-state index in [0.29, 0.717) is 5.56 Å². The van der Waals surface area contributed by atoms with Crippen molar-refractivity contribution in [2.45, 2.75) is 6.18 Å². The number of benzene rings is 2. The van der Waals surface area contributed by atoms with Crippen LogP contribution in [0.15, 0.2) is 48.5 Å². The van der Waals surface area contributed by atoms with Crippen LogP contribution in [0.5, 0.6) is 11.5 Å². The first kappa shape index (κ1) is 20.2. The second kappa shape index (κ2) is 7.83. The van der Waals surface area contributed by atoms with E-state index in [1.807, 2.05) is 6.07 Å². The van der Waals surface area contributed by atoms with Crippen LogP contribution in [0.4, 0.5) is 19.0 Å². The van der Waals surface area contributed by atoms with Crippen LogP contribution in [-0.2, 0) is 6.18 Å². The number of alkyl halides is 3. The van der Waals surface area contributed by atoms with Crippen LogP contribution in [0.3, 0.4) is 0 Å². The minimum Gasteiger partial charge on any atom is -0.457 e. The summed E-state index contributed by atoms with van der Waals surface area (Å²) < 4.78 is 43.9. The zero-order chi connectivity index (χ0) is 21.9. The Morgan fingerprint density at radius 2 is 1.47 bits per heavy atom. The number of nitrogen functional groups attached to an aromatic ring is 1. The van der Waals surface area contributed by atoms with Crippen molar-refractivity contribution in [3.63, 3.8) is 0 Å². The predicted molar refractivity (Wildman–Crippen MR) is 99.7 cm³/mol. The first-order chi connectivity index (χ1) is 14.3. The number of pyridine rings is 1. The molecule has 3 aromatic rings. The maximum Gasteiger partial charge on any atom is 0.416 e. The molecule has 30 heavy (non-hydrogen) atoms. The third kappa shape index (κ3) is 3.84. The smallest absolute Gasteiger partial charge is 0.416 e. The Hall–Kier alpha value is -4.55. The molecule has 1 aromatic heterocycles. The Morgan fingerprint density at radius 3 is 2.03 bits per heavy atom. The lowest BCUT2D eigenvalue weighted by molar-refractivity contribution is -0.137. The molecule has 0 fully saturated rings. The van der Waals surface area contributed by atoms with E-state index in [1.165, 1.54) is 36.4 Å². The molecule has 0 unspecified atom stereocenters. The van der Waals surface area contributed by atoms with Crippen LogP contribution >= 0.6 is 0 Å². The molecule has 0 aliphatic carbocycles. The van der Waals surface area contributed by atoms with Gasteiger partial charge in [-0.25, -0.2) is 4.98 Å². The fourth-order valence-corrected chi connectivity index (χ4v) is 2.70. The number of nitrogens with two attached hydrogens (primary N) is 1. The maximum absolute atomic E-state index is 12.8. The van der Waals surface area contributed by atoms with Crippen molar-refractivity contribution in [3.8, 4) is 41.0 Å². The molecule has 146 valence electrons. The largest absolute Gasteiger partial charge is 0.457 e. The van der Waals surface area contributed by atoms with E-state index in [4.69, 9.17) is 15.7 Å². The molecule has 6 nitrogen and oxygen atoms in total. The monoisotopic (exact) mass is 405 g/mol. The summed E-state index contributed by atoms with van der Waals surface area (Å²) >= 11 is 0. The van der Waals surface area contributed by atoms with Crippen molar-refractivity contribution in [2.24, 2.45) is 0 Å². The van der Waals surface area contributed by atoms with Gasteiger partial charge < -0.3 is 10.5 Å². The zero-order valence-corrected chi connectivity index (χ0v) is 15.0. The van der Waals surface area contributed by atoms with Gasteiger partial charge in [0.05, 0.1) is 22.4 Å². The molecule has 0 spiro atoms. The van der Waals surface area contributed by atoms with Crippen LogP contribution in [0.1, 0.15) is 22.3 Å². The minimum atomic E-state index is -4.49. The molecule has 0 aliphatic rings. The summed E-state index contributed by atoms with van der Waals surface area (Å²) in [7, 11) is 0. The highest BCUT2D eigenvalue weighted by atomic mass is 19.4. The number of nitriles is 3. The highest BCUT2D eigenvalue weighted by Crippen LogP contribution is 2.34. The van der Waals surface area contributed by atoms with Gasteiger partial charge >= 0.3 is 6.18 Å². The molecule has 3 rings (SSSR count). The molecule has 0 aliphatic heterocycles. The lowest BCUT2D eigenvalue weighted by Gasteiger charge is -2.11. The molecule has 9 heteroatoms. The summed E-state index contributed by atoms with van der Waals surface area (Å²) in [5, 5.41) is 27.9. The molecular formula is C21H10F3N5O. The third-order valence-electron chi connectivity index (χ3n) is 4.09. The van der Waals surface area contributed by atoms with Crippen LogP contribution in [0, 0.1) is 34.0 Å². The second-order valence-corrected chi connectivity index (χ2v) is 5.96. The number of ether oxygens (including phenoxy) is 1. The summed E-state index contributed by atoms with van der Waals surface area (Å²) in [6, 6.07) is 15.8. The number of aromatic nitrogens is 1. The van der Waals surface area contributed by atoms with Gasteiger partial charge in [-0.2, -0.15) is 29.0 Å². The molecule has 0 amide bonds. The number of halogens is 3. The molecule has 1 heterocycles. The third-order valence-corrected chi connectivity index (χ3v) is 4.09. The van der Waals surface area contributed by atoms with Gasteiger partial charge in [0, 0.05) is 5.56 Å². The number of anilines is 1. The highest BCUT2D eigenvalue weighted by molar-refractivity contribution is 5.76. The predicted octanol–water partition coefficient (Wildman–Crippen LogP) is 4.76. The molecular weight excluding hydrogens is 395 g/mol.